The van der Waals surface area contributed by atoms with E-state index in [4.69, 9.17) is 21.1 Å². The summed E-state index contributed by atoms with van der Waals surface area (Å²) in [6, 6.07) is 5.13. The summed E-state index contributed by atoms with van der Waals surface area (Å²) in [5, 5.41) is 2.79. The van der Waals surface area contributed by atoms with Crippen LogP contribution >= 0.6 is 34.3 Å². The van der Waals surface area contributed by atoms with Gasteiger partial charge in [-0.05, 0) is 12.1 Å². The molecule has 1 N–H and O–H groups in total. The number of nitrogens with zero attached hydrogens (tertiary/aromatic N) is 3. The van der Waals surface area contributed by atoms with Crippen LogP contribution in [-0.2, 0) is 0 Å². The van der Waals surface area contributed by atoms with Crippen molar-refractivity contribution in [3.63, 3.8) is 0 Å². The molecule has 10 heteroatoms. The van der Waals surface area contributed by atoms with Gasteiger partial charge in [-0.25, -0.2) is 15.0 Å². The molecule has 0 fully saturated rings. The number of benzene rings is 1. The van der Waals surface area contributed by atoms with Gasteiger partial charge in [-0.15, -0.1) is 22.7 Å². The third kappa shape index (κ3) is 3.53. The second-order valence-corrected chi connectivity index (χ2v) is 8.12. The molecule has 0 saturated carbocycles. The first-order valence-electron chi connectivity index (χ1n) is 7.69. The zero-order chi connectivity index (χ0) is 19.0. The van der Waals surface area contributed by atoms with Crippen LogP contribution in [0.2, 0.25) is 5.02 Å². The van der Waals surface area contributed by atoms with E-state index in [0.717, 1.165) is 20.4 Å². The minimum Gasteiger partial charge on any atom is -0.493 e. The van der Waals surface area contributed by atoms with Crippen LogP contribution in [-0.4, -0.2) is 39.5 Å². The lowest BCUT2D eigenvalue weighted by Crippen LogP contribution is -2.11. The third-order valence-electron chi connectivity index (χ3n) is 3.73. The molecular formula is C17H13ClN4O3S2. The van der Waals surface area contributed by atoms with Crippen molar-refractivity contribution in [2.45, 2.75) is 4.34 Å². The van der Waals surface area contributed by atoms with Crippen molar-refractivity contribution in [2.75, 3.05) is 14.2 Å². The zero-order valence-electron chi connectivity index (χ0n) is 14.2. The highest BCUT2D eigenvalue weighted by Crippen LogP contribution is 2.30. The second kappa shape index (κ2) is 7.26. The van der Waals surface area contributed by atoms with E-state index in [1.54, 1.807) is 23.7 Å². The molecular weight excluding hydrogens is 408 g/mol. The van der Waals surface area contributed by atoms with Gasteiger partial charge in [0.15, 0.2) is 17.1 Å². The van der Waals surface area contributed by atoms with Gasteiger partial charge in [0, 0.05) is 17.6 Å². The molecule has 0 amide bonds. The zero-order valence-corrected chi connectivity index (χ0v) is 16.7. The molecule has 0 spiro atoms. The van der Waals surface area contributed by atoms with Gasteiger partial charge in [0.25, 0.3) is 5.56 Å². The summed E-state index contributed by atoms with van der Waals surface area (Å²) in [4.78, 5) is 28.3. The average molecular weight is 421 g/mol. The van der Waals surface area contributed by atoms with E-state index in [1.807, 2.05) is 6.07 Å². The average Bonchev–Trinajstić information content (AvgIpc) is 3.07. The van der Waals surface area contributed by atoms with E-state index in [0.29, 0.717) is 38.9 Å². The monoisotopic (exact) mass is 420 g/mol. The van der Waals surface area contributed by atoms with Crippen LogP contribution in [0.3, 0.4) is 0 Å². The van der Waals surface area contributed by atoms with E-state index in [2.05, 4.69) is 19.9 Å². The Morgan fingerprint density at radius 2 is 1.96 bits per heavy atom. The van der Waals surface area contributed by atoms with Crippen LogP contribution < -0.4 is 15.0 Å². The molecule has 138 valence electrons. The van der Waals surface area contributed by atoms with Crippen LogP contribution in [0.1, 0.15) is 5.82 Å². The number of methoxy groups -OCH3 is 2. The summed E-state index contributed by atoms with van der Waals surface area (Å²) in [5.74, 6) is 1.44. The van der Waals surface area contributed by atoms with Crippen molar-refractivity contribution in [3.05, 3.63) is 45.6 Å². The number of rotatable bonds is 4. The highest BCUT2D eigenvalue weighted by Gasteiger charge is 2.10. The van der Waals surface area contributed by atoms with Gasteiger partial charge in [-0.1, -0.05) is 11.6 Å². The maximum atomic E-state index is 12.4. The SMILES string of the molecule is COc1cc2nc(C=[SH]c3nc4ncc(Cl)cc4s3)[nH]c(=O)c2cc1OC. The van der Waals surface area contributed by atoms with Crippen molar-refractivity contribution in [3.8, 4) is 11.5 Å². The number of thiol groups is 1. The molecule has 4 rings (SSSR count). The van der Waals surface area contributed by atoms with E-state index < -0.39 is 0 Å². The molecule has 1 aromatic carbocycles. The van der Waals surface area contributed by atoms with Crippen LogP contribution in [0, 0.1) is 0 Å². The number of hydrogen-bond acceptors (Lipinski definition) is 7. The number of thiazole rings is 1. The minimum absolute atomic E-state index is 0.250. The summed E-state index contributed by atoms with van der Waals surface area (Å²) < 4.78 is 12.3. The molecule has 0 aliphatic rings. The number of pyridine rings is 1. The fourth-order valence-electron chi connectivity index (χ4n) is 2.50. The first-order valence-corrected chi connectivity index (χ1v) is 9.85. The van der Waals surface area contributed by atoms with Crippen LogP contribution in [0.15, 0.2) is 33.5 Å². The number of nitrogens with one attached hydrogen (secondary N) is 1. The number of ether oxygens (including phenoxy) is 2. The number of aromatic amines is 1. The van der Waals surface area contributed by atoms with E-state index in [-0.39, 0.29) is 5.56 Å². The summed E-state index contributed by atoms with van der Waals surface area (Å²) in [6.45, 7) is 0. The molecule has 0 saturated heterocycles. The van der Waals surface area contributed by atoms with Crippen molar-refractivity contribution in [2.24, 2.45) is 0 Å². The number of halogens is 1. The standard InChI is InChI=1S/C17H13ClN4O3S2/c1-24-11-4-9-10(5-12(11)25-2)20-14(21-16(9)23)7-26-17-22-15-13(27-17)3-8(18)6-19-15/h3-7,26H,1-2H3,(H,20,21,23). The Balaban J connectivity index is 1.74. The lowest BCUT2D eigenvalue weighted by atomic mass is 10.2. The third-order valence-corrected chi connectivity index (χ3v) is 6.01. The summed E-state index contributed by atoms with van der Waals surface area (Å²) in [6.07, 6.45) is 1.57. The van der Waals surface area contributed by atoms with Gasteiger partial charge in [-0.2, -0.15) is 0 Å². The van der Waals surface area contributed by atoms with Crippen molar-refractivity contribution >= 4 is 60.9 Å². The molecule has 4 aromatic rings. The number of aromatic nitrogens is 4. The summed E-state index contributed by atoms with van der Waals surface area (Å²) in [5.41, 5.74) is 0.924. The highest BCUT2D eigenvalue weighted by molar-refractivity contribution is 7.99. The van der Waals surface area contributed by atoms with Gasteiger partial charge in [0.05, 0.1) is 34.8 Å². The molecule has 7 nitrogen and oxygen atoms in total. The van der Waals surface area contributed by atoms with E-state index in [1.165, 1.54) is 25.6 Å². The van der Waals surface area contributed by atoms with E-state index >= 15 is 0 Å². The smallest absolute Gasteiger partial charge is 0.259 e. The first kappa shape index (κ1) is 17.9. The Hall–Kier alpha value is -2.49. The van der Waals surface area contributed by atoms with Gasteiger partial charge >= 0.3 is 0 Å². The molecule has 0 aliphatic heterocycles. The molecule has 0 unspecified atom stereocenters. The Bertz CT molecular complexity index is 1250. The minimum atomic E-state index is -0.250. The van der Waals surface area contributed by atoms with Crippen LogP contribution in [0.25, 0.3) is 21.3 Å². The molecule has 0 aliphatic carbocycles. The normalized spacial score (nSPS) is 11.8. The topological polar surface area (TPSA) is 90.0 Å². The quantitative estimate of drug-likeness (QED) is 0.389. The molecule has 0 radical (unpaired) electrons. The molecule has 27 heavy (non-hydrogen) atoms. The molecule has 3 aromatic heterocycles. The Labute approximate surface area is 165 Å². The van der Waals surface area contributed by atoms with E-state index in [9.17, 15) is 4.79 Å². The van der Waals surface area contributed by atoms with Gasteiger partial charge in [0.1, 0.15) is 10.2 Å². The largest absolute Gasteiger partial charge is 0.493 e. The Kier molecular flexibility index (Phi) is 4.81. The Morgan fingerprint density at radius 1 is 1.19 bits per heavy atom. The second-order valence-electron chi connectivity index (χ2n) is 5.41. The highest BCUT2D eigenvalue weighted by atomic mass is 35.5. The van der Waals surface area contributed by atoms with Crippen LogP contribution in [0.5, 0.6) is 11.5 Å². The fraction of sp³-hybridized carbons (Fsp3) is 0.118. The fourth-order valence-corrected chi connectivity index (χ4v) is 4.60. The van der Waals surface area contributed by atoms with Gasteiger partial charge in [0.2, 0.25) is 0 Å². The maximum Gasteiger partial charge on any atom is 0.259 e. The maximum absolute atomic E-state index is 12.4. The lowest BCUT2D eigenvalue weighted by molar-refractivity contribution is 0.355. The lowest BCUT2D eigenvalue weighted by Gasteiger charge is -2.08. The Morgan fingerprint density at radius 3 is 2.74 bits per heavy atom. The molecule has 0 atom stereocenters. The predicted molar refractivity (Wildman–Crippen MR) is 110 cm³/mol. The summed E-state index contributed by atoms with van der Waals surface area (Å²) in [7, 11) is 3.06. The number of fused-ring (bicyclic) bond motifs is 2. The van der Waals surface area contributed by atoms with Crippen molar-refractivity contribution in [1.29, 1.82) is 0 Å². The van der Waals surface area contributed by atoms with Crippen molar-refractivity contribution < 1.29 is 9.47 Å². The van der Waals surface area contributed by atoms with Gasteiger partial charge < -0.3 is 14.5 Å². The first-order chi connectivity index (χ1) is 13.1. The van der Waals surface area contributed by atoms with Gasteiger partial charge in [-0.3, -0.25) is 4.79 Å². The predicted octanol–water partition coefficient (Wildman–Crippen LogP) is 3.27. The molecule has 0 bridgehead atoms. The van der Waals surface area contributed by atoms with Crippen LogP contribution in [0.4, 0.5) is 0 Å². The number of H-pyrrole nitrogens is 1. The molecule has 3 heterocycles. The number of hydrogen-bond donors (Lipinski definition) is 2. The summed E-state index contributed by atoms with van der Waals surface area (Å²) >= 11 is 8.24. The van der Waals surface area contributed by atoms with Crippen molar-refractivity contribution in [1.82, 2.24) is 19.9 Å².